The van der Waals surface area contributed by atoms with Crippen LogP contribution in [0.15, 0.2) is 42.5 Å². The molecule has 2 aromatic carbocycles. The van der Waals surface area contributed by atoms with Gasteiger partial charge in [-0.1, -0.05) is 30.3 Å². The number of amidine groups is 1. The maximum Gasteiger partial charge on any atom is 0.314 e. The number of benzene rings is 2. The quantitative estimate of drug-likeness (QED) is 0.211. The van der Waals surface area contributed by atoms with Crippen molar-refractivity contribution in [1.82, 2.24) is 5.32 Å². The van der Waals surface area contributed by atoms with E-state index in [0.717, 1.165) is 11.1 Å². The fourth-order valence-electron chi connectivity index (χ4n) is 4.12. The van der Waals surface area contributed by atoms with Crippen LogP contribution in [-0.4, -0.2) is 43.6 Å². The molecule has 1 amide bonds. The minimum absolute atomic E-state index is 0.00620. The fourth-order valence-corrected chi connectivity index (χ4v) is 4.12. The number of amides is 1. The number of nitrogen functional groups attached to an aromatic ring is 1. The Bertz CT molecular complexity index is 1150. The van der Waals surface area contributed by atoms with Crippen LogP contribution >= 0.6 is 0 Å². The third-order valence-corrected chi connectivity index (χ3v) is 6.37. The van der Waals surface area contributed by atoms with E-state index in [4.69, 9.17) is 25.4 Å². The van der Waals surface area contributed by atoms with E-state index in [1.165, 1.54) is 7.11 Å². The summed E-state index contributed by atoms with van der Waals surface area (Å²) in [6.07, 6.45) is 2.39. The molecule has 9 nitrogen and oxygen atoms in total. The lowest BCUT2D eigenvalue weighted by atomic mass is 9.86. The average Bonchev–Trinajstić information content (AvgIpc) is 2.88. The van der Waals surface area contributed by atoms with Crippen molar-refractivity contribution in [2.24, 2.45) is 17.1 Å². The Kier molecular flexibility index (Phi) is 8.91. The lowest BCUT2D eigenvalue weighted by Crippen LogP contribution is -2.39. The Labute approximate surface area is 217 Å². The summed E-state index contributed by atoms with van der Waals surface area (Å²) in [6, 6.07) is 12.5. The van der Waals surface area contributed by atoms with Gasteiger partial charge in [0.2, 0.25) is 6.79 Å². The fraction of sp³-hybridized carbons (Fsp3) is 0.429. The molecule has 0 aliphatic heterocycles. The highest BCUT2D eigenvalue weighted by atomic mass is 16.7. The molecule has 0 atom stereocenters. The van der Waals surface area contributed by atoms with Gasteiger partial charge >= 0.3 is 11.9 Å². The smallest absolute Gasteiger partial charge is 0.314 e. The Morgan fingerprint density at radius 3 is 2.16 bits per heavy atom. The molecule has 0 unspecified atom stereocenters. The van der Waals surface area contributed by atoms with Crippen LogP contribution in [0.2, 0.25) is 0 Å². The van der Waals surface area contributed by atoms with E-state index in [0.29, 0.717) is 42.6 Å². The molecule has 1 aliphatic carbocycles. The summed E-state index contributed by atoms with van der Waals surface area (Å²) in [5.74, 6) is -0.913. The number of rotatable bonds is 8. The number of nitrogens with one attached hydrogen (secondary N) is 2. The van der Waals surface area contributed by atoms with Gasteiger partial charge in [0.05, 0.1) is 24.0 Å². The first-order valence-corrected chi connectivity index (χ1v) is 12.3. The molecule has 0 radical (unpaired) electrons. The summed E-state index contributed by atoms with van der Waals surface area (Å²) in [5.41, 5.74) is 7.63. The molecule has 2 aromatic rings. The van der Waals surface area contributed by atoms with Crippen LogP contribution in [0.1, 0.15) is 62.4 Å². The molecule has 1 saturated carbocycles. The summed E-state index contributed by atoms with van der Waals surface area (Å²) < 4.78 is 15.6. The molecule has 0 bridgehead atoms. The summed E-state index contributed by atoms with van der Waals surface area (Å²) in [6.45, 7) is 4.79. The molecule has 198 valence electrons. The lowest BCUT2D eigenvalue weighted by molar-refractivity contribution is -0.176. The second-order valence-electron chi connectivity index (χ2n) is 10.2. The topological polar surface area (TPSA) is 141 Å². The highest BCUT2D eigenvalue weighted by molar-refractivity contribution is 5.99. The molecule has 0 heterocycles. The number of esters is 2. The first-order valence-electron chi connectivity index (χ1n) is 12.3. The molecule has 3 rings (SSSR count). The van der Waals surface area contributed by atoms with Crippen molar-refractivity contribution < 1.29 is 28.6 Å². The maximum absolute atomic E-state index is 13.1. The number of ether oxygens (including phenoxy) is 3. The maximum atomic E-state index is 13.1. The zero-order valence-corrected chi connectivity index (χ0v) is 21.8. The predicted molar refractivity (Wildman–Crippen MR) is 139 cm³/mol. The number of nitrogens with two attached hydrogens (primary N) is 1. The van der Waals surface area contributed by atoms with Crippen molar-refractivity contribution in [1.29, 1.82) is 5.41 Å². The number of methoxy groups -OCH3 is 1. The van der Waals surface area contributed by atoms with E-state index in [1.807, 2.05) is 18.2 Å². The first-order chi connectivity index (χ1) is 17.5. The van der Waals surface area contributed by atoms with Crippen LogP contribution in [0, 0.1) is 16.7 Å². The largest absolute Gasteiger partial charge is 0.496 e. The normalized spacial score (nSPS) is 17.4. The molecule has 4 N–H and O–H groups in total. The number of hydrogen-bond acceptors (Lipinski definition) is 7. The van der Waals surface area contributed by atoms with Gasteiger partial charge in [-0.2, -0.15) is 0 Å². The van der Waals surface area contributed by atoms with Gasteiger partial charge in [-0.25, -0.2) is 0 Å². The second-order valence-corrected chi connectivity index (χ2v) is 10.2. The number of hydrogen-bond donors (Lipinski definition) is 3. The van der Waals surface area contributed by atoms with E-state index in [2.05, 4.69) is 5.32 Å². The second kappa shape index (κ2) is 11.9. The SMILES string of the molecule is COc1ccc(-c2ccc(C(=N)N)cc2)cc1C(=O)NC1CCC(C(=O)OCOC(=O)C(C)(C)C)CC1. The van der Waals surface area contributed by atoms with Crippen molar-refractivity contribution in [3.63, 3.8) is 0 Å². The first kappa shape index (κ1) is 27.7. The van der Waals surface area contributed by atoms with Crippen LogP contribution in [0.5, 0.6) is 5.75 Å². The lowest BCUT2D eigenvalue weighted by Gasteiger charge is -2.28. The Hall–Kier alpha value is -3.88. The van der Waals surface area contributed by atoms with Gasteiger partial charge in [-0.3, -0.25) is 19.8 Å². The van der Waals surface area contributed by atoms with E-state index < -0.39 is 17.4 Å². The van der Waals surface area contributed by atoms with Gasteiger partial charge in [0.1, 0.15) is 11.6 Å². The van der Waals surface area contributed by atoms with Crippen molar-refractivity contribution in [2.75, 3.05) is 13.9 Å². The highest BCUT2D eigenvalue weighted by Gasteiger charge is 2.30. The number of carbonyl (C=O) groups is 3. The van der Waals surface area contributed by atoms with Crippen molar-refractivity contribution in [3.05, 3.63) is 53.6 Å². The van der Waals surface area contributed by atoms with E-state index in [9.17, 15) is 14.4 Å². The van der Waals surface area contributed by atoms with Crippen LogP contribution in [0.3, 0.4) is 0 Å². The third kappa shape index (κ3) is 7.31. The predicted octanol–water partition coefficient (Wildman–Crippen LogP) is 4.02. The zero-order valence-electron chi connectivity index (χ0n) is 21.8. The zero-order chi connectivity index (χ0) is 27.2. The van der Waals surface area contributed by atoms with Crippen LogP contribution < -0.4 is 15.8 Å². The molecule has 1 aliphatic rings. The van der Waals surface area contributed by atoms with Crippen LogP contribution in [-0.2, 0) is 19.1 Å². The molecule has 0 spiro atoms. The Morgan fingerprint density at radius 2 is 1.59 bits per heavy atom. The Morgan fingerprint density at radius 1 is 0.973 bits per heavy atom. The molecule has 37 heavy (non-hydrogen) atoms. The minimum Gasteiger partial charge on any atom is -0.496 e. The van der Waals surface area contributed by atoms with Gasteiger partial charge in [-0.05, 0) is 69.7 Å². The molecule has 0 aromatic heterocycles. The van der Waals surface area contributed by atoms with Crippen LogP contribution in [0.4, 0.5) is 0 Å². The summed E-state index contributed by atoms with van der Waals surface area (Å²) in [7, 11) is 1.52. The summed E-state index contributed by atoms with van der Waals surface area (Å²) in [5, 5.41) is 10.6. The highest BCUT2D eigenvalue weighted by Crippen LogP contribution is 2.29. The van der Waals surface area contributed by atoms with Gasteiger partial charge in [0, 0.05) is 11.6 Å². The molecule has 0 saturated heterocycles. The molecule has 9 heteroatoms. The van der Waals surface area contributed by atoms with E-state index in [-0.39, 0.29) is 30.5 Å². The van der Waals surface area contributed by atoms with Gasteiger partial charge in [-0.15, -0.1) is 0 Å². The standard InChI is InChI=1S/C28H35N3O6/c1-28(2,3)27(34)37-16-36-26(33)19-9-12-21(13-10-19)31-25(32)22-15-20(11-14-23(22)35-4)17-5-7-18(8-6-17)24(29)30/h5-8,11,14-15,19,21H,9-10,12-13,16H2,1-4H3,(H3,29,30)(H,31,32). The monoisotopic (exact) mass is 509 g/mol. The van der Waals surface area contributed by atoms with Crippen molar-refractivity contribution >= 4 is 23.7 Å². The number of carbonyl (C=O) groups excluding carboxylic acids is 3. The molecular formula is C28H35N3O6. The van der Waals surface area contributed by atoms with Gasteiger partial charge in [0.15, 0.2) is 0 Å². The van der Waals surface area contributed by atoms with E-state index >= 15 is 0 Å². The summed E-state index contributed by atoms with van der Waals surface area (Å²) in [4.78, 5) is 37.3. The Balaban J connectivity index is 1.56. The average molecular weight is 510 g/mol. The van der Waals surface area contributed by atoms with Gasteiger partial charge < -0.3 is 25.3 Å². The third-order valence-electron chi connectivity index (χ3n) is 6.37. The van der Waals surface area contributed by atoms with Crippen molar-refractivity contribution in [3.8, 4) is 16.9 Å². The molecule has 1 fully saturated rings. The molecular weight excluding hydrogens is 474 g/mol. The summed E-state index contributed by atoms with van der Waals surface area (Å²) >= 11 is 0. The van der Waals surface area contributed by atoms with E-state index in [1.54, 1.807) is 45.0 Å². The van der Waals surface area contributed by atoms with Gasteiger partial charge in [0.25, 0.3) is 5.91 Å². The minimum atomic E-state index is -0.662. The van der Waals surface area contributed by atoms with Crippen molar-refractivity contribution in [2.45, 2.75) is 52.5 Å². The van der Waals surface area contributed by atoms with Crippen LogP contribution in [0.25, 0.3) is 11.1 Å².